The van der Waals surface area contributed by atoms with Crippen molar-refractivity contribution in [3.05, 3.63) is 46.7 Å². The Morgan fingerprint density at radius 1 is 1.26 bits per heavy atom. The zero-order valence-electron chi connectivity index (χ0n) is 11.9. The van der Waals surface area contributed by atoms with Crippen LogP contribution in [-0.2, 0) is 10.2 Å². The van der Waals surface area contributed by atoms with E-state index in [4.69, 9.17) is 0 Å². The minimum atomic E-state index is -0.0899. The molecule has 0 radical (unpaired) electrons. The van der Waals surface area contributed by atoms with Crippen molar-refractivity contribution in [2.45, 2.75) is 38.4 Å². The van der Waals surface area contributed by atoms with Crippen LogP contribution in [-0.4, -0.2) is 16.6 Å². The number of aliphatic hydroxyl groups excluding tert-OH is 1. The minimum absolute atomic E-state index is 0.0289. The number of thioether (sulfide) groups is 1. The minimum Gasteiger partial charge on any atom is -0.510 e. The second kappa shape index (κ2) is 5.04. The maximum atomic E-state index is 11.4. The smallest absolute Gasteiger partial charge is 0.160 e. The quantitative estimate of drug-likeness (QED) is 0.880. The van der Waals surface area contributed by atoms with Crippen LogP contribution < -0.4 is 0 Å². The summed E-state index contributed by atoms with van der Waals surface area (Å²) in [4.78, 5) is 11.4. The van der Waals surface area contributed by atoms with Crippen molar-refractivity contribution in [3.63, 3.8) is 0 Å². The van der Waals surface area contributed by atoms with Crippen LogP contribution in [0.1, 0.15) is 44.1 Å². The third kappa shape index (κ3) is 2.86. The molecule has 0 saturated heterocycles. The summed E-state index contributed by atoms with van der Waals surface area (Å²) in [5.41, 5.74) is 3.03. The van der Waals surface area contributed by atoms with Gasteiger partial charge in [0.05, 0.1) is 5.25 Å². The van der Waals surface area contributed by atoms with Gasteiger partial charge in [0.1, 0.15) is 5.76 Å². The fourth-order valence-corrected chi connectivity index (χ4v) is 3.51. The summed E-state index contributed by atoms with van der Waals surface area (Å²) in [5.74, 6) is 0.812. The largest absolute Gasteiger partial charge is 0.510 e. The van der Waals surface area contributed by atoms with Crippen molar-refractivity contribution in [2.75, 3.05) is 5.75 Å². The van der Waals surface area contributed by atoms with Gasteiger partial charge in [-0.05, 0) is 23.5 Å². The summed E-state index contributed by atoms with van der Waals surface area (Å²) in [6.07, 6.45) is 0. The summed E-state index contributed by atoms with van der Waals surface area (Å²) in [6.45, 7) is 8.05. The van der Waals surface area contributed by atoms with Crippen LogP contribution in [0, 0.1) is 0 Å². The van der Waals surface area contributed by atoms with Gasteiger partial charge in [-0.1, -0.05) is 45.0 Å². The lowest BCUT2D eigenvalue weighted by molar-refractivity contribution is -0.113. The van der Waals surface area contributed by atoms with Gasteiger partial charge in [-0.25, -0.2) is 0 Å². The molecular formula is C16H20O2S. The molecule has 2 rings (SSSR count). The molecule has 1 aliphatic rings. The maximum absolute atomic E-state index is 11.4. The molecule has 0 bridgehead atoms. The molecule has 2 nitrogen and oxygen atoms in total. The molecule has 0 spiro atoms. The van der Waals surface area contributed by atoms with Crippen molar-refractivity contribution in [3.8, 4) is 0 Å². The highest BCUT2D eigenvalue weighted by atomic mass is 32.2. The number of aliphatic hydroxyl groups is 1. The zero-order valence-corrected chi connectivity index (χ0v) is 12.7. The van der Waals surface area contributed by atoms with Gasteiger partial charge in [-0.2, -0.15) is 0 Å². The first-order valence-corrected chi connectivity index (χ1v) is 7.50. The van der Waals surface area contributed by atoms with Gasteiger partial charge in [0.2, 0.25) is 0 Å². The van der Waals surface area contributed by atoms with Crippen molar-refractivity contribution < 1.29 is 9.90 Å². The van der Waals surface area contributed by atoms with Gasteiger partial charge in [-0.3, -0.25) is 4.79 Å². The Bertz CT molecular complexity index is 521. The van der Waals surface area contributed by atoms with Crippen LogP contribution in [0.15, 0.2) is 35.6 Å². The topological polar surface area (TPSA) is 37.3 Å². The Morgan fingerprint density at radius 2 is 1.84 bits per heavy atom. The second-order valence-corrected chi connectivity index (χ2v) is 7.08. The molecule has 1 heterocycles. The van der Waals surface area contributed by atoms with Gasteiger partial charge in [0.15, 0.2) is 5.78 Å². The Kier molecular flexibility index (Phi) is 3.77. The van der Waals surface area contributed by atoms with Gasteiger partial charge < -0.3 is 5.11 Å². The number of Topliss-reactive ketones (excluding diaryl/α,β-unsaturated/α-hetero) is 1. The molecule has 1 atom stereocenters. The molecule has 1 N–H and O–H groups in total. The third-order valence-corrected chi connectivity index (χ3v) is 4.74. The first-order valence-electron chi connectivity index (χ1n) is 6.45. The lowest BCUT2D eigenvalue weighted by Gasteiger charge is -2.20. The van der Waals surface area contributed by atoms with Crippen molar-refractivity contribution in [1.82, 2.24) is 0 Å². The highest BCUT2D eigenvalue weighted by Crippen LogP contribution is 2.43. The monoisotopic (exact) mass is 276 g/mol. The van der Waals surface area contributed by atoms with Crippen LogP contribution in [0.5, 0.6) is 0 Å². The van der Waals surface area contributed by atoms with Crippen LogP contribution >= 0.6 is 11.8 Å². The van der Waals surface area contributed by atoms with Crippen LogP contribution in [0.2, 0.25) is 0 Å². The van der Waals surface area contributed by atoms with Crippen LogP contribution in [0.25, 0.3) is 0 Å². The highest BCUT2D eigenvalue weighted by molar-refractivity contribution is 8.00. The summed E-state index contributed by atoms with van der Waals surface area (Å²) in [5, 5.41) is 10.0. The fourth-order valence-electron chi connectivity index (χ4n) is 2.17. The SMILES string of the molecule is CC(=O)C1=C(O)C(c2ccc(C(C)(C)C)cc2)SC1. The van der Waals surface area contributed by atoms with Crippen molar-refractivity contribution >= 4 is 17.5 Å². The van der Waals surface area contributed by atoms with E-state index in [2.05, 4.69) is 45.0 Å². The number of carbonyl (C=O) groups excluding carboxylic acids is 1. The molecule has 1 aromatic rings. The molecule has 1 aliphatic heterocycles. The standard InChI is InChI=1S/C16H20O2S/c1-10(17)13-9-19-15(14(13)18)11-5-7-12(8-6-11)16(2,3)4/h5-8,15,18H,9H2,1-4H3. The lowest BCUT2D eigenvalue weighted by Crippen LogP contribution is -2.11. The first kappa shape index (κ1) is 14.2. The van der Waals surface area contributed by atoms with Gasteiger partial charge >= 0.3 is 0 Å². The van der Waals surface area contributed by atoms with Crippen LogP contribution in [0.4, 0.5) is 0 Å². The number of hydrogen-bond acceptors (Lipinski definition) is 3. The molecule has 0 aromatic heterocycles. The second-order valence-electron chi connectivity index (χ2n) is 5.98. The molecule has 0 saturated carbocycles. The van der Waals surface area contributed by atoms with E-state index in [0.717, 1.165) is 5.56 Å². The molecule has 0 aliphatic carbocycles. The van der Waals surface area contributed by atoms with E-state index in [-0.39, 0.29) is 22.2 Å². The molecule has 1 unspecified atom stereocenters. The van der Waals surface area contributed by atoms with Gasteiger partial charge in [0.25, 0.3) is 0 Å². The predicted molar refractivity (Wildman–Crippen MR) is 80.7 cm³/mol. The van der Waals surface area contributed by atoms with Gasteiger partial charge in [-0.15, -0.1) is 11.8 Å². The highest BCUT2D eigenvalue weighted by Gasteiger charge is 2.29. The molecule has 1 aromatic carbocycles. The van der Waals surface area contributed by atoms with Crippen molar-refractivity contribution in [2.24, 2.45) is 0 Å². The Labute approximate surface area is 118 Å². The Balaban J connectivity index is 2.28. The number of ketones is 1. The average molecular weight is 276 g/mol. The number of benzene rings is 1. The van der Waals surface area contributed by atoms with E-state index in [1.54, 1.807) is 11.8 Å². The summed E-state index contributed by atoms with van der Waals surface area (Å²) in [6, 6.07) is 8.32. The molecule has 0 fully saturated rings. The summed E-state index contributed by atoms with van der Waals surface area (Å²) >= 11 is 1.61. The van der Waals surface area contributed by atoms with Crippen LogP contribution in [0.3, 0.4) is 0 Å². The molecule has 19 heavy (non-hydrogen) atoms. The van der Waals surface area contributed by atoms with E-state index in [1.165, 1.54) is 12.5 Å². The number of hydrogen-bond donors (Lipinski definition) is 1. The normalized spacial score (nSPS) is 19.9. The predicted octanol–water partition coefficient (Wildman–Crippen LogP) is 4.17. The Hall–Kier alpha value is -1.22. The summed E-state index contributed by atoms with van der Waals surface area (Å²) in [7, 11) is 0. The maximum Gasteiger partial charge on any atom is 0.160 e. The van der Waals surface area contributed by atoms with E-state index in [9.17, 15) is 9.90 Å². The first-order chi connectivity index (χ1) is 8.80. The van der Waals surface area contributed by atoms with Gasteiger partial charge in [0, 0.05) is 11.3 Å². The molecule has 0 amide bonds. The van der Waals surface area contributed by atoms with E-state index < -0.39 is 0 Å². The van der Waals surface area contributed by atoms with Crippen molar-refractivity contribution in [1.29, 1.82) is 0 Å². The molecule has 102 valence electrons. The molecule has 3 heteroatoms. The van der Waals surface area contributed by atoms with E-state index >= 15 is 0 Å². The summed E-state index contributed by atoms with van der Waals surface area (Å²) < 4.78 is 0. The zero-order chi connectivity index (χ0) is 14.2. The van der Waals surface area contributed by atoms with E-state index in [1.807, 2.05) is 0 Å². The number of carbonyl (C=O) groups is 1. The third-order valence-electron chi connectivity index (χ3n) is 3.46. The van der Waals surface area contributed by atoms with E-state index in [0.29, 0.717) is 11.3 Å². The Morgan fingerprint density at radius 3 is 2.26 bits per heavy atom. The lowest BCUT2D eigenvalue weighted by atomic mass is 9.86. The molecular weight excluding hydrogens is 256 g/mol. The average Bonchev–Trinajstić information content (AvgIpc) is 2.70. The fraction of sp³-hybridized carbons (Fsp3) is 0.438. The number of rotatable bonds is 2.